The molecule has 0 spiro atoms. The summed E-state index contributed by atoms with van der Waals surface area (Å²) in [5.74, 6) is 3.67. The Bertz CT molecular complexity index is 7850. The number of aromatic nitrogens is 12. The second kappa shape index (κ2) is 24.4. The molecule has 115 heavy (non-hydrogen) atoms. The van der Waals surface area contributed by atoms with Crippen LogP contribution in [-0.2, 0) is 0 Å². The molecule has 0 atom stereocenters. The van der Waals surface area contributed by atoms with Gasteiger partial charge in [-0.05, 0) is 167 Å². The number of fused-ring (bicyclic) bond motifs is 30. The van der Waals surface area contributed by atoms with Crippen LogP contribution in [0, 0.1) is 0 Å². The number of para-hydroxylation sites is 9. The van der Waals surface area contributed by atoms with E-state index in [2.05, 4.69) is 387 Å². The van der Waals surface area contributed by atoms with Crippen LogP contribution in [0.4, 0.5) is 0 Å². The topological polar surface area (TPSA) is 114 Å². The number of imidazole rings is 2. The van der Waals surface area contributed by atoms with Gasteiger partial charge in [-0.25, -0.2) is 9.55 Å². The summed E-state index contributed by atoms with van der Waals surface area (Å²) >= 11 is 0. The van der Waals surface area contributed by atoms with Crippen molar-refractivity contribution in [2.75, 3.05) is 0 Å². The normalized spacial score (nSPS) is 12.2. The highest BCUT2D eigenvalue weighted by atomic mass is 15.3. The van der Waals surface area contributed by atoms with Crippen molar-refractivity contribution in [1.82, 2.24) is 57.6 Å². The number of benzene rings is 16. The van der Waals surface area contributed by atoms with Gasteiger partial charge in [0.2, 0.25) is 29.6 Å². The molecule has 25 rings (SSSR count). The first kappa shape index (κ1) is 63.0. The molecule has 16 aromatic carbocycles. The van der Waals surface area contributed by atoms with E-state index in [1.165, 1.54) is 16.7 Å². The predicted molar refractivity (Wildman–Crippen MR) is 466 cm³/mol. The van der Waals surface area contributed by atoms with Crippen molar-refractivity contribution in [3.05, 3.63) is 364 Å². The molecule has 2 aliphatic carbocycles. The van der Waals surface area contributed by atoms with E-state index in [-0.39, 0.29) is 0 Å². The summed E-state index contributed by atoms with van der Waals surface area (Å²) in [4.78, 5) is 39.3. The number of rotatable bonds is 7. The van der Waals surface area contributed by atoms with Gasteiger partial charge in [-0.15, -0.1) is 0 Å². The predicted octanol–water partition coefficient (Wildman–Crippen LogP) is 25.1. The van der Waals surface area contributed by atoms with E-state index < -0.39 is 0 Å². The summed E-state index contributed by atoms with van der Waals surface area (Å²) in [6.07, 6.45) is 0. The van der Waals surface area contributed by atoms with Gasteiger partial charge >= 0.3 is 0 Å². The molecule has 12 heteroatoms. The molecular formula is C103H60N12. The third kappa shape index (κ3) is 9.27. The van der Waals surface area contributed by atoms with E-state index >= 15 is 0 Å². The van der Waals surface area contributed by atoms with Crippen molar-refractivity contribution in [2.24, 2.45) is 0 Å². The number of hydrogen-bond acceptors (Lipinski definition) is 7. The van der Waals surface area contributed by atoms with E-state index in [1.54, 1.807) is 0 Å². The Morgan fingerprint density at radius 3 is 0.765 bits per heavy atom. The third-order valence-corrected chi connectivity index (χ3v) is 23.8. The van der Waals surface area contributed by atoms with E-state index in [9.17, 15) is 0 Å². The summed E-state index contributed by atoms with van der Waals surface area (Å²) in [6.45, 7) is 0. The SMILES string of the molecule is c1ccc2c(c1)-c1ccccc1-c1ccc(-c3nc(-n4c5ccccc5c5ccccc54)nc(-n4c5cccc(-c6ccc7c(c6)-c6ccccc6-c6cc(-c8nc(-n9c%10ccccc%10c%10ccccc%109)nc(-n9c%10ccccc%10c%10ccccc%109)n8)ccc6-c6ccccc6-7)c5n5c6ccccc6nc45)n3)cc1-c1ccccc1-2. The zero-order chi connectivity index (χ0) is 75.1. The standard InChI is InChI=1S/C103H60N12/c1-2-27-66-65(26-1)67-28-3-4-30-69(67)76-56-54-63(59-85(76)72-33-8-7-29-68(66)72)98-107-101(113-92-48-22-15-40-82(92)83-41-16-23-49-93(83)113)110-102(108-98)115-95-51-25-42-64(96(95)114-94-50-24-17-43-87(94)104-103(114)115)61-52-55-75-70-31-5-6-32-71(70)77-57-53-62(60-86(77)74-35-10-9-34-73(74)84(75)58-61)97-105-99(111-88-44-18-11-36-78(88)79-37-12-19-45-89(79)111)109-100(106-97)112-90-46-20-13-38-80(90)81-39-14-21-47-91(81)112/h1-60H. The van der Waals surface area contributed by atoms with Crippen LogP contribution >= 0.6 is 0 Å². The fourth-order valence-corrected chi connectivity index (χ4v) is 18.9. The molecule has 23 aromatic rings. The molecule has 0 fully saturated rings. The molecule has 12 nitrogen and oxygen atoms in total. The minimum absolute atomic E-state index is 0.422. The first-order chi connectivity index (χ1) is 57.1. The fourth-order valence-electron chi connectivity index (χ4n) is 18.9. The van der Waals surface area contributed by atoms with E-state index in [1.807, 2.05) is 0 Å². The molecule has 0 bridgehead atoms. The second-order valence-corrected chi connectivity index (χ2v) is 29.9. The van der Waals surface area contributed by atoms with Crippen molar-refractivity contribution in [2.45, 2.75) is 0 Å². The Hall–Kier alpha value is -15.8. The maximum absolute atomic E-state index is 5.72. The van der Waals surface area contributed by atoms with Gasteiger partial charge in [-0.3, -0.25) is 18.1 Å². The van der Waals surface area contributed by atoms with Gasteiger partial charge in [0.1, 0.15) is 0 Å². The minimum Gasteiger partial charge on any atom is -0.278 e. The van der Waals surface area contributed by atoms with Gasteiger partial charge in [0.15, 0.2) is 11.6 Å². The molecule has 2 aliphatic rings. The zero-order valence-electron chi connectivity index (χ0n) is 61.5. The maximum Gasteiger partial charge on any atom is 0.242 e. The summed E-state index contributed by atoms with van der Waals surface area (Å²) < 4.78 is 11.0. The summed E-state index contributed by atoms with van der Waals surface area (Å²) in [7, 11) is 0. The maximum atomic E-state index is 5.72. The van der Waals surface area contributed by atoms with Gasteiger partial charge in [-0.2, -0.15) is 29.9 Å². The Morgan fingerprint density at radius 1 is 0.165 bits per heavy atom. The molecule has 0 N–H and O–H groups in total. The highest BCUT2D eigenvalue weighted by Gasteiger charge is 2.31. The molecule has 0 amide bonds. The Kier molecular flexibility index (Phi) is 13.3. The van der Waals surface area contributed by atoms with Gasteiger partial charge in [0, 0.05) is 49.0 Å². The average molecular weight is 1470 g/mol. The summed E-state index contributed by atoms with van der Waals surface area (Å²) in [5.41, 5.74) is 31.3. The van der Waals surface area contributed by atoms with E-state index in [0.717, 1.165) is 182 Å². The first-order valence-corrected chi connectivity index (χ1v) is 38.9. The fraction of sp³-hybridized carbons (Fsp3) is 0. The van der Waals surface area contributed by atoms with Crippen molar-refractivity contribution in [3.8, 4) is 147 Å². The lowest BCUT2D eigenvalue weighted by atomic mass is 9.79. The number of hydrogen-bond donors (Lipinski definition) is 0. The Balaban J connectivity index is 0.692. The molecule has 532 valence electrons. The van der Waals surface area contributed by atoms with Crippen LogP contribution in [0.25, 0.3) is 240 Å². The van der Waals surface area contributed by atoms with Gasteiger partial charge in [0.05, 0.1) is 55.2 Å². The second-order valence-electron chi connectivity index (χ2n) is 29.9. The molecule has 0 unspecified atom stereocenters. The van der Waals surface area contributed by atoms with Crippen LogP contribution in [0.15, 0.2) is 364 Å². The quantitative estimate of drug-likeness (QED) is 0.156. The minimum atomic E-state index is 0.422. The van der Waals surface area contributed by atoms with Crippen LogP contribution < -0.4 is 0 Å². The third-order valence-electron chi connectivity index (χ3n) is 23.8. The number of nitrogens with zero attached hydrogens (tertiary/aromatic N) is 12. The van der Waals surface area contributed by atoms with Crippen molar-refractivity contribution < 1.29 is 0 Å². The summed E-state index contributed by atoms with van der Waals surface area (Å²) in [5, 5.41) is 6.68. The van der Waals surface area contributed by atoms with Crippen LogP contribution in [0.3, 0.4) is 0 Å². The van der Waals surface area contributed by atoms with Crippen LogP contribution in [0.5, 0.6) is 0 Å². The largest absolute Gasteiger partial charge is 0.278 e. The first-order valence-electron chi connectivity index (χ1n) is 38.9. The van der Waals surface area contributed by atoms with E-state index in [0.29, 0.717) is 41.2 Å². The average Bonchev–Trinajstić information content (AvgIpc) is 1.59. The highest BCUT2D eigenvalue weighted by Crippen LogP contribution is 2.52. The van der Waals surface area contributed by atoms with Gasteiger partial charge in [0.25, 0.3) is 0 Å². The Morgan fingerprint density at radius 2 is 0.417 bits per heavy atom. The molecule has 7 aromatic heterocycles. The Labute approximate surface area is 657 Å². The van der Waals surface area contributed by atoms with Gasteiger partial charge < -0.3 is 0 Å². The zero-order valence-corrected chi connectivity index (χ0v) is 61.5. The lowest BCUT2D eigenvalue weighted by molar-refractivity contribution is 0.884. The lowest BCUT2D eigenvalue weighted by Gasteiger charge is -2.24. The highest BCUT2D eigenvalue weighted by molar-refractivity contribution is 6.13. The molecule has 0 radical (unpaired) electrons. The van der Waals surface area contributed by atoms with Crippen molar-refractivity contribution >= 4 is 93.3 Å². The lowest BCUT2D eigenvalue weighted by Crippen LogP contribution is -2.10. The molecule has 0 aliphatic heterocycles. The molecular weight excluding hydrogens is 1410 g/mol. The molecule has 7 heterocycles. The van der Waals surface area contributed by atoms with Crippen LogP contribution in [0.2, 0.25) is 0 Å². The smallest absolute Gasteiger partial charge is 0.242 e. The van der Waals surface area contributed by atoms with E-state index in [4.69, 9.17) is 34.9 Å². The van der Waals surface area contributed by atoms with Gasteiger partial charge in [-0.1, -0.05) is 291 Å². The van der Waals surface area contributed by atoms with Crippen molar-refractivity contribution in [3.63, 3.8) is 0 Å². The summed E-state index contributed by atoms with van der Waals surface area (Å²) in [6, 6.07) is 131. The molecule has 0 saturated heterocycles. The monoisotopic (exact) mass is 1460 g/mol. The molecule has 0 saturated carbocycles. The van der Waals surface area contributed by atoms with Crippen LogP contribution in [-0.4, -0.2) is 57.6 Å². The van der Waals surface area contributed by atoms with Crippen LogP contribution in [0.1, 0.15) is 0 Å². The van der Waals surface area contributed by atoms with Crippen molar-refractivity contribution in [1.29, 1.82) is 0 Å².